The van der Waals surface area contributed by atoms with E-state index in [1.807, 2.05) is 32.9 Å². The first-order chi connectivity index (χ1) is 15.3. The first-order valence-electron chi connectivity index (χ1n) is 12.4. The van der Waals surface area contributed by atoms with Crippen molar-refractivity contribution in [1.82, 2.24) is 9.80 Å². The highest BCUT2D eigenvalue weighted by atomic mass is 16.6. The first kappa shape index (κ1) is 26.0. The SMILES string of the molecule is CCCCCCCCCCc1ccc(NC(=O)N2CCN(C(=O)OC(C)(C)C)CC2)cc1. The maximum Gasteiger partial charge on any atom is 0.410 e. The van der Waals surface area contributed by atoms with E-state index in [0.29, 0.717) is 26.2 Å². The van der Waals surface area contributed by atoms with Gasteiger partial charge in [0, 0.05) is 31.9 Å². The van der Waals surface area contributed by atoms with Gasteiger partial charge in [-0.15, -0.1) is 0 Å². The van der Waals surface area contributed by atoms with Crippen molar-refractivity contribution < 1.29 is 14.3 Å². The summed E-state index contributed by atoms with van der Waals surface area (Å²) in [6.45, 7) is 9.80. The molecular formula is C26H43N3O3. The number of rotatable bonds is 10. The predicted octanol–water partition coefficient (Wildman–Crippen LogP) is 6.45. The molecule has 1 aromatic rings. The largest absolute Gasteiger partial charge is 0.444 e. The summed E-state index contributed by atoms with van der Waals surface area (Å²) in [7, 11) is 0. The summed E-state index contributed by atoms with van der Waals surface area (Å²) in [6.07, 6.45) is 11.4. The van der Waals surface area contributed by atoms with Crippen molar-refractivity contribution >= 4 is 17.8 Å². The van der Waals surface area contributed by atoms with Gasteiger partial charge in [0.15, 0.2) is 0 Å². The van der Waals surface area contributed by atoms with Gasteiger partial charge in [-0.3, -0.25) is 0 Å². The highest BCUT2D eigenvalue weighted by Gasteiger charge is 2.27. The molecule has 0 aromatic heterocycles. The minimum atomic E-state index is -0.508. The van der Waals surface area contributed by atoms with Crippen LogP contribution in [0.25, 0.3) is 0 Å². The van der Waals surface area contributed by atoms with E-state index in [4.69, 9.17) is 4.74 Å². The van der Waals surface area contributed by atoms with Gasteiger partial charge in [-0.2, -0.15) is 0 Å². The Morgan fingerprint density at radius 3 is 1.94 bits per heavy atom. The minimum Gasteiger partial charge on any atom is -0.444 e. The second kappa shape index (κ2) is 13.3. The monoisotopic (exact) mass is 445 g/mol. The summed E-state index contributed by atoms with van der Waals surface area (Å²) in [5, 5.41) is 2.97. The number of piperazine rings is 1. The fourth-order valence-electron chi connectivity index (χ4n) is 3.84. The molecule has 6 nitrogen and oxygen atoms in total. The van der Waals surface area contributed by atoms with E-state index in [1.54, 1.807) is 9.80 Å². The summed E-state index contributed by atoms with van der Waals surface area (Å²) >= 11 is 0. The fraction of sp³-hybridized carbons (Fsp3) is 0.692. The van der Waals surface area contributed by atoms with Crippen LogP contribution in [0, 0.1) is 0 Å². The lowest BCUT2D eigenvalue weighted by Crippen LogP contribution is -2.52. The Morgan fingerprint density at radius 1 is 0.844 bits per heavy atom. The Labute approximate surface area is 194 Å². The number of unbranched alkanes of at least 4 members (excludes halogenated alkanes) is 7. The molecule has 0 radical (unpaired) electrons. The number of nitrogens with one attached hydrogen (secondary N) is 1. The van der Waals surface area contributed by atoms with Crippen LogP contribution in [-0.4, -0.2) is 53.7 Å². The summed E-state index contributed by atoms with van der Waals surface area (Å²) < 4.78 is 5.41. The van der Waals surface area contributed by atoms with Gasteiger partial charge in [0.05, 0.1) is 0 Å². The Balaban J connectivity index is 1.65. The van der Waals surface area contributed by atoms with Gasteiger partial charge >= 0.3 is 12.1 Å². The number of anilines is 1. The zero-order valence-corrected chi connectivity index (χ0v) is 20.6. The fourth-order valence-corrected chi connectivity index (χ4v) is 3.84. The van der Waals surface area contributed by atoms with Gasteiger partial charge < -0.3 is 19.9 Å². The number of hydrogen-bond acceptors (Lipinski definition) is 3. The predicted molar refractivity (Wildman–Crippen MR) is 131 cm³/mol. The van der Waals surface area contributed by atoms with E-state index in [9.17, 15) is 9.59 Å². The maximum atomic E-state index is 12.6. The average molecular weight is 446 g/mol. The van der Waals surface area contributed by atoms with Crippen molar-refractivity contribution in [3.8, 4) is 0 Å². The molecule has 2 rings (SSSR count). The number of nitrogens with zero attached hydrogens (tertiary/aromatic N) is 2. The molecule has 0 spiro atoms. The van der Waals surface area contributed by atoms with Gasteiger partial charge in [-0.25, -0.2) is 9.59 Å². The van der Waals surface area contributed by atoms with Gasteiger partial charge in [-0.1, -0.05) is 64.0 Å². The molecule has 1 aliphatic rings. The van der Waals surface area contributed by atoms with E-state index < -0.39 is 5.60 Å². The van der Waals surface area contributed by atoms with Crippen LogP contribution < -0.4 is 5.32 Å². The van der Waals surface area contributed by atoms with E-state index in [-0.39, 0.29) is 12.1 Å². The van der Waals surface area contributed by atoms with Crippen molar-refractivity contribution in [3.05, 3.63) is 29.8 Å². The molecular weight excluding hydrogens is 402 g/mol. The number of aryl methyl sites for hydroxylation is 1. The van der Waals surface area contributed by atoms with E-state index >= 15 is 0 Å². The topological polar surface area (TPSA) is 61.9 Å². The molecule has 0 aliphatic carbocycles. The van der Waals surface area contributed by atoms with Gasteiger partial charge in [0.1, 0.15) is 5.60 Å². The van der Waals surface area contributed by atoms with Crippen LogP contribution in [0.3, 0.4) is 0 Å². The lowest BCUT2D eigenvalue weighted by molar-refractivity contribution is 0.0174. The van der Waals surface area contributed by atoms with Crippen molar-refractivity contribution in [2.45, 2.75) is 91.1 Å². The van der Waals surface area contributed by atoms with E-state index in [1.165, 1.54) is 56.9 Å². The molecule has 1 fully saturated rings. The maximum absolute atomic E-state index is 12.6. The zero-order chi connectivity index (χ0) is 23.4. The third-order valence-electron chi connectivity index (χ3n) is 5.74. The number of carbonyl (C=O) groups is 2. The lowest BCUT2D eigenvalue weighted by Gasteiger charge is -2.35. The molecule has 32 heavy (non-hydrogen) atoms. The van der Waals surface area contributed by atoms with Crippen LogP contribution in [0.4, 0.5) is 15.3 Å². The van der Waals surface area contributed by atoms with Crippen LogP contribution in [0.5, 0.6) is 0 Å². The van der Waals surface area contributed by atoms with Crippen LogP contribution in [0.1, 0.15) is 84.6 Å². The minimum absolute atomic E-state index is 0.121. The second-order valence-electron chi connectivity index (χ2n) is 9.81. The van der Waals surface area contributed by atoms with Crippen LogP contribution in [-0.2, 0) is 11.2 Å². The molecule has 1 heterocycles. The third-order valence-corrected chi connectivity index (χ3v) is 5.74. The molecule has 1 N–H and O–H groups in total. The lowest BCUT2D eigenvalue weighted by atomic mass is 10.0. The van der Waals surface area contributed by atoms with E-state index in [0.717, 1.165) is 12.1 Å². The van der Waals surface area contributed by atoms with Crippen molar-refractivity contribution in [3.63, 3.8) is 0 Å². The van der Waals surface area contributed by atoms with E-state index in [2.05, 4.69) is 24.4 Å². The Morgan fingerprint density at radius 2 is 1.38 bits per heavy atom. The van der Waals surface area contributed by atoms with Crippen LogP contribution in [0.2, 0.25) is 0 Å². The molecule has 6 heteroatoms. The summed E-state index contributed by atoms with van der Waals surface area (Å²) in [5.74, 6) is 0. The standard InChI is InChI=1S/C26H43N3O3/c1-5-6-7-8-9-10-11-12-13-22-14-16-23(17-15-22)27-24(30)28-18-20-29(21-19-28)25(31)32-26(2,3)4/h14-17H,5-13,18-21H2,1-4H3,(H,27,30). The number of carbonyl (C=O) groups excluding carboxylic acids is 2. The quantitative estimate of drug-likeness (QED) is 0.421. The zero-order valence-electron chi connectivity index (χ0n) is 20.6. The van der Waals surface area contributed by atoms with Crippen LogP contribution >= 0.6 is 0 Å². The average Bonchev–Trinajstić information content (AvgIpc) is 2.75. The molecule has 0 atom stereocenters. The third kappa shape index (κ3) is 9.92. The number of hydrogen-bond donors (Lipinski definition) is 1. The summed E-state index contributed by atoms with van der Waals surface area (Å²) in [6, 6.07) is 8.06. The molecule has 0 unspecified atom stereocenters. The molecule has 1 aromatic carbocycles. The summed E-state index contributed by atoms with van der Waals surface area (Å²) in [4.78, 5) is 28.1. The molecule has 3 amide bonds. The molecule has 0 bridgehead atoms. The number of amides is 3. The first-order valence-corrected chi connectivity index (χ1v) is 12.4. The molecule has 180 valence electrons. The molecule has 1 aliphatic heterocycles. The van der Waals surface area contributed by atoms with Gasteiger partial charge in [-0.05, 0) is 51.3 Å². The number of benzene rings is 1. The Kier molecular flexibility index (Phi) is 10.8. The number of ether oxygens (including phenoxy) is 1. The normalized spacial score (nSPS) is 14.4. The Hall–Kier alpha value is -2.24. The highest BCUT2D eigenvalue weighted by Crippen LogP contribution is 2.16. The second-order valence-corrected chi connectivity index (χ2v) is 9.81. The van der Waals surface area contributed by atoms with Crippen LogP contribution in [0.15, 0.2) is 24.3 Å². The Bertz CT molecular complexity index is 689. The smallest absolute Gasteiger partial charge is 0.410 e. The van der Waals surface area contributed by atoms with Crippen molar-refractivity contribution in [1.29, 1.82) is 0 Å². The number of urea groups is 1. The van der Waals surface area contributed by atoms with Crippen molar-refractivity contribution in [2.24, 2.45) is 0 Å². The van der Waals surface area contributed by atoms with Crippen molar-refractivity contribution in [2.75, 3.05) is 31.5 Å². The summed E-state index contributed by atoms with van der Waals surface area (Å²) in [5.41, 5.74) is 1.62. The van der Waals surface area contributed by atoms with Gasteiger partial charge in [0.25, 0.3) is 0 Å². The van der Waals surface area contributed by atoms with Gasteiger partial charge in [0.2, 0.25) is 0 Å². The molecule has 0 saturated carbocycles. The molecule has 1 saturated heterocycles. The highest BCUT2D eigenvalue weighted by molar-refractivity contribution is 5.89.